The molecule has 5 heteroatoms. The maximum Gasteiger partial charge on any atom is 0.171 e. The lowest BCUT2D eigenvalue weighted by molar-refractivity contribution is 0.242. The van der Waals surface area contributed by atoms with Crippen molar-refractivity contribution in [2.45, 2.75) is 39.3 Å². The van der Waals surface area contributed by atoms with Gasteiger partial charge in [-0.25, -0.2) is 0 Å². The fourth-order valence-electron chi connectivity index (χ4n) is 2.50. The summed E-state index contributed by atoms with van der Waals surface area (Å²) in [5.41, 5.74) is 2.07. The highest BCUT2D eigenvalue weighted by molar-refractivity contribution is 7.80. The second-order valence-corrected chi connectivity index (χ2v) is 6.44. The minimum Gasteiger partial charge on any atom is -0.497 e. The van der Waals surface area contributed by atoms with Crippen molar-refractivity contribution in [2.24, 2.45) is 0 Å². The Morgan fingerprint density at radius 3 is 2.40 bits per heavy atom. The standard InChI is InChI=1S/C20H26N2O2S/c1-5-19(15-9-11-17(23-4)12-10-15)22-20(25)21-16-7-6-8-18(13-16)24-14(2)3/h6-14,19H,5H2,1-4H3,(H2,21,22,25). The van der Waals surface area contributed by atoms with Gasteiger partial charge in [0.15, 0.2) is 5.11 Å². The molecule has 0 bridgehead atoms. The first kappa shape index (κ1) is 19.1. The van der Waals surface area contributed by atoms with Gasteiger partial charge in [0, 0.05) is 11.8 Å². The smallest absolute Gasteiger partial charge is 0.171 e. The highest BCUT2D eigenvalue weighted by Gasteiger charge is 2.11. The largest absolute Gasteiger partial charge is 0.497 e. The van der Waals surface area contributed by atoms with Gasteiger partial charge in [-0.1, -0.05) is 25.1 Å². The molecule has 2 rings (SSSR count). The molecule has 0 aliphatic rings. The maximum absolute atomic E-state index is 5.71. The van der Waals surface area contributed by atoms with Crippen molar-refractivity contribution < 1.29 is 9.47 Å². The van der Waals surface area contributed by atoms with Crippen molar-refractivity contribution in [1.29, 1.82) is 0 Å². The molecule has 2 aromatic carbocycles. The lowest BCUT2D eigenvalue weighted by Crippen LogP contribution is -2.32. The van der Waals surface area contributed by atoms with Gasteiger partial charge in [-0.2, -0.15) is 0 Å². The zero-order valence-electron chi connectivity index (χ0n) is 15.2. The third kappa shape index (κ3) is 5.94. The predicted molar refractivity (Wildman–Crippen MR) is 108 cm³/mol. The van der Waals surface area contributed by atoms with Gasteiger partial charge in [-0.15, -0.1) is 0 Å². The van der Waals surface area contributed by atoms with E-state index in [9.17, 15) is 0 Å². The van der Waals surface area contributed by atoms with Crippen molar-refractivity contribution in [1.82, 2.24) is 5.32 Å². The Labute approximate surface area is 155 Å². The van der Waals surface area contributed by atoms with Gasteiger partial charge in [0.05, 0.1) is 19.3 Å². The lowest BCUT2D eigenvalue weighted by Gasteiger charge is -2.20. The molecule has 1 unspecified atom stereocenters. The van der Waals surface area contributed by atoms with Crippen molar-refractivity contribution in [3.05, 3.63) is 54.1 Å². The summed E-state index contributed by atoms with van der Waals surface area (Å²) in [5.74, 6) is 1.67. The van der Waals surface area contributed by atoms with E-state index in [1.54, 1.807) is 7.11 Å². The van der Waals surface area contributed by atoms with E-state index in [1.165, 1.54) is 5.56 Å². The van der Waals surface area contributed by atoms with Gasteiger partial charge in [0.25, 0.3) is 0 Å². The summed E-state index contributed by atoms with van der Waals surface area (Å²) < 4.78 is 10.9. The van der Waals surface area contributed by atoms with Crippen molar-refractivity contribution in [3.63, 3.8) is 0 Å². The van der Waals surface area contributed by atoms with Crippen LogP contribution < -0.4 is 20.1 Å². The van der Waals surface area contributed by atoms with E-state index in [0.717, 1.165) is 23.6 Å². The SMILES string of the molecule is CCC(NC(=S)Nc1cccc(OC(C)C)c1)c1ccc(OC)cc1. The van der Waals surface area contributed by atoms with Crippen LogP contribution in [0, 0.1) is 0 Å². The number of nitrogens with one attached hydrogen (secondary N) is 2. The highest BCUT2D eigenvalue weighted by atomic mass is 32.1. The topological polar surface area (TPSA) is 42.5 Å². The average molecular weight is 359 g/mol. The van der Waals surface area contributed by atoms with Crippen molar-refractivity contribution in [2.75, 3.05) is 12.4 Å². The zero-order chi connectivity index (χ0) is 18.2. The molecule has 0 spiro atoms. The monoisotopic (exact) mass is 358 g/mol. The first-order valence-electron chi connectivity index (χ1n) is 8.50. The Balaban J connectivity index is 1.99. The summed E-state index contributed by atoms with van der Waals surface area (Å²) in [6.45, 7) is 6.14. The highest BCUT2D eigenvalue weighted by Crippen LogP contribution is 2.21. The Morgan fingerprint density at radius 2 is 1.80 bits per heavy atom. The van der Waals surface area contributed by atoms with Crippen LogP contribution in [0.3, 0.4) is 0 Å². The molecule has 0 aromatic heterocycles. The Bertz CT molecular complexity index is 686. The van der Waals surface area contributed by atoms with E-state index in [0.29, 0.717) is 5.11 Å². The van der Waals surface area contributed by atoms with Gasteiger partial charge in [-0.05, 0) is 62.3 Å². The average Bonchev–Trinajstić information content (AvgIpc) is 2.59. The van der Waals surface area contributed by atoms with E-state index in [1.807, 2.05) is 50.2 Å². The van der Waals surface area contributed by atoms with Gasteiger partial charge in [-0.3, -0.25) is 0 Å². The van der Waals surface area contributed by atoms with Gasteiger partial charge in [0.2, 0.25) is 0 Å². The van der Waals surface area contributed by atoms with Crippen LogP contribution in [0.5, 0.6) is 11.5 Å². The lowest BCUT2D eigenvalue weighted by atomic mass is 10.0. The molecular weight excluding hydrogens is 332 g/mol. The molecule has 0 aliphatic carbocycles. The number of anilines is 1. The fourth-order valence-corrected chi connectivity index (χ4v) is 2.76. The van der Waals surface area contributed by atoms with Crippen LogP contribution in [0.1, 0.15) is 38.8 Å². The normalized spacial score (nSPS) is 11.7. The number of hydrogen-bond donors (Lipinski definition) is 2. The molecule has 134 valence electrons. The summed E-state index contributed by atoms with van der Waals surface area (Å²) in [4.78, 5) is 0. The first-order chi connectivity index (χ1) is 12.0. The summed E-state index contributed by atoms with van der Waals surface area (Å²) in [7, 11) is 1.67. The van der Waals surface area contributed by atoms with Crippen LogP contribution >= 0.6 is 12.2 Å². The molecule has 0 amide bonds. The van der Waals surface area contributed by atoms with Crippen molar-refractivity contribution in [3.8, 4) is 11.5 Å². The third-order valence-corrected chi connectivity index (χ3v) is 3.92. The number of thiocarbonyl (C=S) groups is 1. The van der Waals surface area contributed by atoms with Crippen LogP contribution in [0.15, 0.2) is 48.5 Å². The molecule has 1 atom stereocenters. The molecule has 4 nitrogen and oxygen atoms in total. The second kappa shape index (κ2) is 9.28. The quantitative estimate of drug-likeness (QED) is 0.688. The van der Waals surface area contributed by atoms with Crippen LogP contribution in [-0.2, 0) is 0 Å². The number of methoxy groups -OCH3 is 1. The number of hydrogen-bond acceptors (Lipinski definition) is 3. The molecule has 0 heterocycles. The van der Waals surface area contributed by atoms with E-state index in [4.69, 9.17) is 21.7 Å². The maximum atomic E-state index is 5.71. The van der Waals surface area contributed by atoms with Crippen LogP contribution in [-0.4, -0.2) is 18.3 Å². The number of ether oxygens (including phenoxy) is 2. The van der Waals surface area contributed by atoms with E-state index >= 15 is 0 Å². The molecule has 0 radical (unpaired) electrons. The van der Waals surface area contributed by atoms with Crippen molar-refractivity contribution >= 4 is 23.0 Å². The summed E-state index contributed by atoms with van der Waals surface area (Å²) in [5, 5.41) is 7.18. The minimum absolute atomic E-state index is 0.139. The minimum atomic E-state index is 0.139. The molecule has 2 N–H and O–H groups in total. The van der Waals surface area contributed by atoms with Crippen LogP contribution in [0.25, 0.3) is 0 Å². The summed E-state index contributed by atoms with van der Waals surface area (Å²) >= 11 is 5.47. The Kier molecular flexibility index (Phi) is 7.07. The summed E-state index contributed by atoms with van der Waals surface area (Å²) in [6.07, 6.45) is 1.06. The van der Waals surface area contributed by atoms with E-state index < -0.39 is 0 Å². The molecular formula is C20H26N2O2S. The van der Waals surface area contributed by atoms with Crippen LogP contribution in [0.4, 0.5) is 5.69 Å². The predicted octanol–water partition coefficient (Wildman–Crippen LogP) is 4.92. The van der Waals surface area contributed by atoms with E-state index in [-0.39, 0.29) is 12.1 Å². The number of rotatable bonds is 7. The molecule has 0 saturated heterocycles. The molecule has 2 aromatic rings. The van der Waals surface area contributed by atoms with Gasteiger partial charge >= 0.3 is 0 Å². The molecule has 0 saturated carbocycles. The number of benzene rings is 2. The van der Waals surface area contributed by atoms with Gasteiger partial charge in [0.1, 0.15) is 11.5 Å². The van der Waals surface area contributed by atoms with Gasteiger partial charge < -0.3 is 20.1 Å². The third-order valence-electron chi connectivity index (χ3n) is 3.70. The first-order valence-corrected chi connectivity index (χ1v) is 8.90. The van der Waals surface area contributed by atoms with E-state index in [2.05, 4.69) is 29.7 Å². The Morgan fingerprint density at radius 1 is 1.08 bits per heavy atom. The molecule has 25 heavy (non-hydrogen) atoms. The molecule has 0 fully saturated rings. The summed E-state index contributed by atoms with van der Waals surface area (Å²) in [6, 6.07) is 16.0. The Hall–Kier alpha value is -2.27. The van der Waals surface area contributed by atoms with Crippen LogP contribution in [0.2, 0.25) is 0 Å². The zero-order valence-corrected chi connectivity index (χ0v) is 16.0. The fraction of sp³-hybridized carbons (Fsp3) is 0.350. The molecule has 0 aliphatic heterocycles. The second-order valence-electron chi connectivity index (χ2n) is 6.03.